The number of halogens is 3. The Labute approximate surface area is 115 Å². The van der Waals surface area contributed by atoms with Gasteiger partial charge in [-0.2, -0.15) is 13.2 Å². The van der Waals surface area contributed by atoms with Crippen molar-refractivity contribution in [2.45, 2.75) is 33.2 Å². The van der Waals surface area contributed by atoms with E-state index < -0.39 is 11.7 Å². The Hall–Kier alpha value is -1.98. The average Bonchev–Trinajstić information content (AvgIpc) is 2.76. The Morgan fingerprint density at radius 1 is 1.30 bits per heavy atom. The summed E-state index contributed by atoms with van der Waals surface area (Å²) in [7, 11) is 0. The van der Waals surface area contributed by atoms with Crippen LogP contribution in [0.5, 0.6) is 5.75 Å². The average molecular weight is 284 g/mol. The van der Waals surface area contributed by atoms with Gasteiger partial charge in [0, 0.05) is 18.4 Å². The van der Waals surface area contributed by atoms with Gasteiger partial charge in [-0.15, -0.1) is 0 Å². The molecule has 0 saturated carbocycles. The predicted molar refractivity (Wildman–Crippen MR) is 68.4 cm³/mol. The molecule has 0 unspecified atom stereocenters. The fourth-order valence-corrected chi connectivity index (χ4v) is 1.97. The predicted octanol–water partition coefficient (Wildman–Crippen LogP) is 3.81. The summed E-state index contributed by atoms with van der Waals surface area (Å²) in [6.45, 7) is 4.78. The molecule has 1 heterocycles. The monoisotopic (exact) mass is 284 g/mol. The van der Waals surface area contributed by atoms with Crippen LogP contribution in [0.1, 0.15) is 24.0 Å². The lowest BCUT2D eigenvalue weighted by atomic mass is 10.2. The molecule has 3 nitrogen and oxygen atoms in total. The molecule has 20 heavy (non-hydrogen) atoms. The van der Waals surface area contributed by atoms with Gasteiger partial charge in [-0.3, -0.25) is 0 Å². The second-order valence-electron chi connectivity index (χ2n) is 4.37. The van der Waals surface area contributed by atoms with E-state index in [1.54, 1.807) is 6.20 Å². The van der Waals surface area contributed by atoms with Crippen LogP contribution in [0.4, 0.5) is 13.2 Å². The zero-order chi connectivity index (χ0) is 14.8. The van der Waals surface area contributed by atoms with Crippen LogP contribution >= 0.6 is 0 Å². The molecule has 0 N–H and O–H groups in total. The minimum atomic E-state index is -4.36. The lowest BCUT2D eigenvalue weighted by Gasteiger charge is -2.11. The molecule has 0 atom stereocenters. The maximum absolute atomic E-state index is 12.6. The van der Waals surface area contributed by atoms with Gasteiger partial charge in [-0.05, 0) is 32.0 Å². The molecule has 1 aromatic carbocycles. The van der Waals surface area contributed by atoms with E-state index in [1.807, 2.05) is 18.4 Å². The van der Waals surface area contributed by atoms with Crippen LogP contribution in [-0.4, -0.2) is 9.55 Å². The number of hydrogen-bond acceptors (Lipinski definition) is 2. The molecule has 0 radical (unpaired) electrons. The molecule has 0 spiro atoms. The standard InChI is InChI=1S/C14H15F3N2O/c1-3-19-10(2)8-18-13(19)9-20-12-6-4-5-11(7-12)14(15,16)17/h4-8H,3,9H2,1-2H3. The molecule has 0 amide bonds. The number of alkyl halides is 3. The Morgan fingerprint density at radius 3 is 2.70 bits per heavy atom. The van der Waals surface area contributed by atoms with Crippen molar-refractivity contribution in [3.63, 3.8) is 0 Å². The number of hydrogen-bond donors (Lipinski definition) is 0. The van der Waals surface area contributed by atoms with Crippen molar-refractivity contribution in [1.29, 1.82) is 0 Å². The first-order valence-corrected chi connectivity index (χ1v) is 6.23. The summed E-state index contributed by atoms with van der Waals surface area (Å²) in [6, 6.07) is 4.84. The summed E-state index contributed by atoms with van der Waals surface area (Å²) in [5, 5.41) is 0. The fourth-order valence-electron chi connectivity index (χ4n) is 1.97. The highest BCUT2D eigenvalue weighted by molar-refractivity contribution is 5.30. The molecule has 1 aromatic heterocycles. The van der Waals surface area contributed by atoms with Crippen LogP contribution in [0.25, 0.3) is 0 Å². The Morgan fingerprint density at radius 2 is 2.05 bits per heavy atom. The van der Waals surface area contributed by atoms with E-state index in [9.17, 15) is 13.2 Å². The van der Waals surface area contributed by atoms with Crippen LogP contribution in [0, 0.1) is 6.92 Å². The van der Waals surface area contributed by atoms with E-state index in [2.05, 4.69) is 4.98 Å². The smallest absolute Gasteiger partial charge is 0.416 e. The molecule has 0 fully saturated rings. The van der Waals surface area contributed by atoms with Gasteiger partial charge in [0.2, 0.25) is 0 Å². The van der Waals surface area contributed by atoms with Crippen molar-refractivity contribution < 1.29 is 17.9 Å². The molecule has 0 bridgehead atoms. The molecular formula is C14H15F3N2O. The molecule has 0 saturated heterocycles. The fraction of sp³-hybridized carbons (Fsp3) is 0.357. The summed E-state index contributed by atoms with van der Waals surface area (Å²) in [5.74, 6) is 0.880. The molecule has 6 heteroatoms. The SMILES string of the molecule is CCn1c(C)cnc1COc1cccc(C(F)(F)F)c1. The molecule has 108 valence electrons. The summed E-state index contributed by atoms with van der Waals surface area (Å²) in [6.07, 6.45) is -2.65. The van der Waals surface area contributed by atoms with Gasteiger partial charge in [-0.25, -0.2) is 4.98 Å². The Balaban J connectivity index is 2.11. The molecule has 0 aliphatic heterocycles. The molecule has 2 rings (SSSR count). The van der Waals surface area contributed by atoms with Gasteiger partial charge in [0.15, 0.2) is 0 Å². The van der Waals surface area contributed by atoms with Crippen LogP contribution < -0.4 is 4.74 Å². The molecule has 0 aliphatic rings. The molecule has 0 aliphatic carbocycles. The summed E-state index contributed by atoms with van der Waals surface area (Å²) in [4.78, 5) is 4.19. The Bertz CT molecular complexity index is 590. The largest absolute Gasteiger partial charge is 0.486 e. The van der Waals surface area contributed by atoms with Gasteiger partial charge < -0.3 is 9.30 Å². The minimum absolute atomic E-state index is 0.142. The highest BCUT2D eigenvalue weighted by atomic mass is 19.4. The number of imidazole rings is 1. The van der Waals surface area contributed by atoms with Crippen LogP contribution in [0.15, 0.2) is 30.5 Å². The van der Waals surface area contributed by atoms with Crippen LogP contribution in [-0.2, 0) is 19.3 Å². The molecule has 2 aromatic rings. The van der Waals surface area contributed by atoms with E-state index in [-0.39, 0.29) is 12.4 Å². The van der Waals surface area contributed by atoms with Crippen molar-refractivity contribution in [3.8, 4) is 5.75 Å². The van der Waals surface area contributed by atoms with Gasteiger partial charge in [0.05, 0.1) is 5.56 Å². The van der Waals surface area contributed by atoms with E-state index in [0.29, 0.717) is 5.82 Å². The van der Waals surface area contributed by atoms with E-state index in [1.165, 1.54) is 12.1 Å². The zero-order valence-electron chi connectivity index (χ0n) is 11.2. The van der Waals surface area contributed by atoms with Crippen molar-refractivity contribution in [2.75, 3.05) is 0 Å². The number of aromatic nitrogens is 2. The van der Waals surface area contributed by atoms with Crippen molar-refractivity contribution in [1.82, 2.24) is 9.55 Å². The lowest BCUT2D eigenvalue weighted by molar-refractivity contribution is -0.137. The number of rotatable bonds is 4. The summed E-state index contributed by atoms with van der Waals surface area (Å²) in [5.41, 5.74) is 0.278. The third-order valence-corrected chi connectivity index (χ3v) is 2.98. The topological polar surface area (TPSA) is 27.1 Å². The van der Waals surface area contributed by atoms with Crippen molar-refractivity contribution >= 4 is 0 Å². The second-order valence-corrected chi connectivity index (χ2v) is 4.37. The first kappa shape index (κ1) is 14.4. The third kappa shape index (κ3) is 3.12. The van der Waals surface area contributed by atoms with E-state index in [4.69, 9.17) is 4.74 Å². The zero-order valence-corrected chi connectivity index (χ0v) is 11.2. The van der Waals surface area contributed by atoms with Gasteiger partial charge in [-0.1, -0.05) is 6.07 Å². The third-order valence-electron chi connectivity index (χ3n) is 2.98. The first-order chi connectivity index (χ1) is 9.41. The number of benzene rings is 1. The molecular weight excluding hydrogens is 269 g/mol. The summed E-state index contributed by atoms with van der Waals surface area (Å²) < 4.78 is 45.1. The van der Waals surface area contributed by atoms with Gasteiger partial charge >= 0.3 is 6.18 Å². The Kier molecular flexibility index (Phi) is 4.01. The van der Waals surface area contributed by atoms with Crippen LogP contribution in [0.3, 0.4) is 0 Å². The maximum atomic E-state index is 12.6. The number of aryl methyl sites for hydroxylation is 1. The van der Waals surface area contributed by atoms with E-state index >= 15 is 0 Å². The van der Waals surface area contributed by atoms with E-state index in [0.717, 1.165) is 24.4 Å². The normalized spacial score (nSPS) is 11.7. The van der Waals surface area contributed by atoms with Gasteiger partial charge in [0.25, 0.3) is 0 Å². The highest BCUT2D eigenvalue weighted by Gasteiger charge is 2.30. The number of nitrogens with zero attached hydrogens (tertiary/aromatic N) is 2. The lowest BCUT2D eigenvalue weighted by Crippen LogP contribution is -2.08. The van der Waals surface area contributed by atoms with Crippen molar-refractivity contribution in [3.05, 3.63) is 47.5 Å². The first-order valence-electron chi connectivity index (χ1n) is 6.23. The van der Waals surface area contributed by atoms with Crippen LogP contribution in [0.2, 0.25) is 0 Å². The second kappa shape index (κ2) is 5.56. The minimum Gasteiger partial charge on any atom is -0.486 e. The maximum Gasteiger partial charge on any atom is 0.416 e. The highest BCUT2D eigenvalue weighted by Crippen LogP contribution is 2.31. The summed E-state index contributed by atoms with van der Waals surface area (Å²) >= 11 is 0. The quantitative estimate of drug-likeness (QED) is 0.853. The number of ether oxygens (including phenoxy) is 1. The van der Waals surface area contributed by atoms with Crippen molar-refractivity contribution in [2.24, 2.45) is 0 Å². The van der Waals surface area contributed by atoms with Gasteiger partial charge in [0.1, 0.15) is 18.2 Å².